The zero-order chi connectivity index (χ0) is 17.7. The zero-order valence-electron chi connectivity index (χ0n) is 15.3. The van der Waals surface area contributed by atoms with E-state index in [-0.39, 0.29) is 17.9 Å². The summed E-state index contributed by atoms with van der Waals surface area (Å²) in [6, 6.07) is -0.186. The number of amides is 2. The van der Waals surface area contributed by atoms with Crippen LogP contribution in [0.2, 0.25) is 0 Å². The fourth-order valence-electron chi connectivity index (χ4n) is 4.49. The summed E-state index contributed by atoms with van der Waals surface area (Å²) in [5, 5.41) is 2.47. The molecule has 0 aromatic rings. The number of nitrogens with zero attached hydrogens (tertiary/aromatic N) is 2. The van der Waals surface area contributed by atoms with Gasteiger partial charge in [-0.1, -0.05) is 20.3 Å². The normalized spacial score (nSPS) is 31.9. The number of hydrogen-bond acceptors (Lipinski definition) is 2. The molecule has 0 bridgehead atoms. The van der Waals surface area contributed by atoms with E-state index in [1.54, 1.807) is 4.90 Å². The van der Waals surface area contributed by atoms with Crippen LogP contribution in [-0.4, -0.2) is 59.5 Å². The van der Waals surface area contributed by atoms with Gasteiger partial charge in [0.2, 0.25) is 0 Å². The molecule has 2 saturated heterocycles. The Labute approximate surface area is 143 Å². The Bertz CT molecular complexity index is 489. The second kappa shape index (κ2) is 6.11. The molecule has 0 aromatic carbocycles. The third kappa shape index (κ3) is 3.39. The number of hydrogen-bond donors (Lipinski definition) is 1. The van der Waals surface area contributed by atoms with Crippen LogP contribution in [0.5, 0.6) is 0 Å². The van der Waals surface area contributed by atoms with Gasteiger partial charge >= 0.3 is 6.03 Å². The minimum absolute atomic E-state index is 0.150. The van der Waals surface area contributed by atoms with E-state index in [1.165, 1.54) is 12.8 Å². The van der Waals surface area contributed by atoms with E-state index in [0.717, 1.165) is 13.0 Å². The Balaban J connectivity index is 1.58. The molecule has 3 fully saturated rings. The van der Waals surface area contributed by atoms with Gasteiger partial charge in [0.25, 0.3) is 5.92 Å². The highest BCUT2D eigenvalue weighted by atomic mass is 19.3. The molecule has 3 aliphatic rings. The summed E-state index contributed by atoms with van der Waals surface area (Å²) in [5.74, 6) is -2.07. The average Bonchev–Trinajstić information content (AvgIpc) is 3.09. The first-order chi connectivity index (χ1) is 11.1. The summed E-state index contributed by atoms with van der Waals surface area (Å²) < 4.78 is 25.9. The molecule has 2 atom stereocenters. The molecule has 3 rings (SSSR count). The second-order valence-corrected chi connectivity index (χ2v) is 8.79. The molecule has 1 spiro atoms. The van der Waals surface area contributed by atoms with Crippen molar-refractivity contribution in [1.82, 2.24) is 15.1 Å². The van der Waals surface area contributed by atoms with Crippen molar-refractivity contribution in [1.29, 1.82) is 0 Å². The Morgan fingerprint density at radius 2 is 1.79 bits per heavy atom. The van der Waals surface area contributed by atoms with Crippen molar-refractivity contribution < 1.29 is 13.6 Å². The van der Waals surface area contributed by atoms with E-state index in [1.807, 2.05) is 0 Å². The fraction of sp³-hybridized carbons (Fsp3) is 0.944. The molecule has 2 heterocycles. The number of nitrogens with one attached hydrogen (secondary N) is 1. The number of alkyl halides is 2. The Morgan fingerprint density at radius 3 is 2.29 bits per heavy atom. The second-order valence-electron chi connectivity index (χ2n) is 8.79. The molecule has 1 saturated carbocycles. The van der Waals surface area contributed by atoms with Gasteiger partial charge in [-0.15, -0.1) is 0 Å². The van der Waals surface area contributed by atoms with E-state index >= 15 is 0 Å². The van der Waals surface area contributed by atoms with Crippen LogP contribution in [-0.2, 0) is 0 Å². The van der Waals surface area contributed by atoms with Crippen LogP contribution in [0.3, 0.4) is 0 Å². The van der Waals surface area contributed by atoms with Crippen molar-refractivity contribution in [3.05, 3.63) is 0 Å². The van der Waals surface area contributed by atoms with Gasteiger partial charge in [-0.2, -0.15) is 0 Å². The molecule has 0 aromatic heterocycles. The molecule has 6 heteroatoms. The zero-order valence-corrected chi connectivity index (χ0v) is 15.3. The number of carbonyl (C=O) groups is 1. The minimum atomic E-state index is -2.69. The molecular weight excluding hydrogens is 312 g/mol. The van der Waals surface area contributed by atoms with Crippen molar-refractivity contribution in [3.63, 3.8) is 0 Å². The lowest BCUT2D eigenvalue weighted by molar-refractivity contribution is -0.0176. The number of urea groups is 1. The molecule has 4 nitrogen and oxygen atoms in total. The summed E-state index contributed by atoms with van der Waals surface area (Å²) in [6.07, 6.45) is 3.30. The molecule has 0 radical (unpaired) electrons. The van der Waals surface area contributed by atoms with Crippen LogP contribution in [0.25, 0.3) is 0 Å². The van der Waals surface area contributed by atoms with Gasteiger partial charge in [0.15, 0.2) is 0 Å². The van der Waals surface area contributed by atoms with E-state index in [9.17, 15) is 13.6 Å². The van der Waals surface area contributed by atoms with Gasteiger partial charge in [-0.25, -0.2) is 13.6 Å². The Kier molecular flexibility index (Phi) is 4.56. The highest BCUT2D eigenvalue weighted by Crippen LogP contribution is 2.44. The predicted molar refractivity (Wildman–Crippen MR) is 90.2 cm³/mol. The average molecular weight is 343 g/mol. The number of rotatable bonds is 3. The molecule has 1 aliphatic carbocycles. The van der Waals surface area contributed by atoms with E-state index in [4.69, 9.17) is 0 Å². The summed E-state index contributed by atoms with van der Waals surface area (Å²) in [6.45, 7) is 11.5. The quantitative estimate of drug-likeness (QED) is 0.853. The molecular formula is C18H31F2N3O. The van der Waals surface area contributed by atoms with Crippen LogP contribution >= 0.6 is 0 Å². The predicted octanol–water partition coefficient (Wildman–Crippen LogP) is 3.32. The molecule has 138 valence electrons. The Hall–Kier alpha value is -0.910. The lowest BCUT2D eigenvalue weighted by Crippen LogP contribution is -2.65. The number of carbonyl (C=O) groups excluding carboxylic acids is 1. The van der Waals surface area contributed by atoms with Crippen LogP contribution in [0.15, 0.2) is 0 Å². The van der Waals surface area contributed by atoms with Crippen LogP contribution in [0.1, 0.15) is 53.4 Å². The lowest BCUT2D eigenvalue weighted by Gasteiger charge is -2.52. The maximum absolute atomic E-state index is 13.0. The smallest absolute Gasteiger partial charge is 0.317 e. The van der Waals surface area contributed by atoms with Crippen molar-refractivity contribution in [2.24, 2.45) is 11.3 Å². The summed E-state index contributed by atoms with van der Waals surface area (Å²) in [5.41, 5.74) is 0.150. The first-order valence-electron chi connectivity index (χ1n) is 9.33. The van der Waals surface area contributed by atoms with E-state index < -0.39 is 12.0 Å². The highest BCUT2D eigenvalue weighted by Gasteiger charge is 2.59. The Morgan fingerprint density at radius 1 is 1.17 bits per heavy atom. The van der Waals surface area contributed by atoms with Crippen molar-refractivity contribution in [3.8, 4) is 0 Å². The third-order valence-corrected chi connectivity index (χ3v) is 6.05. The van der Waals surface area contributed by atoms with Gasteiger partial charge in [-0.3, -0.25) is 4.90 Å². The van der Waals surface area contributed by atoms with Crippen LogP contribution < -0.4 is 5.32 Å². The monoisotopic (exact) mass is 343 g/mol. The summed E-state index contributed by atoms with van der Waals surface area (Å²) in [7, 11) is 0. The van der Waals surface area contributed by atoms with E-state index in [0.29, 0.717) is 31.1 Å². The standard InChI is InChI=1S/C18H31F2N3O/c1-12(2)14-6-5-7-17(11-23(14)13(3)4)9-22(10-17)16(24)21-15-8-18(15,19)20/h12-15H,5-11H2,1-4H3,(H,21,24). The first-order valence-corrected chi connectivity index (χ1v) is 9.33. The SMILES string of the molecule is CC(C)C1CCCC2(CN(C(=O)NC3CC3(F)F)C2)CN1C(C)C. The molecule has 2 amide bonds. The van der Waals surface area contributed by atoms with Crippen molar-refractivity contribution in [2.75, 3.05) is 19.6 Å². The van der Waals surface area contributed by atoms with Gasteiger partial charge in [0, 0.05) is 43.6 Å². The number of halogens is 2. The largest absolute Gasteiger partial charge is 0.329 e. The summed E-state index contributed by atoms with van der Waals surface area (Å²) in [4.78, 5) is 16.4. The van der Waals surface area contributed by atoms with Gasteiger partial charge in [0.05, 0.1) is 0 Å². The van der Waals surface area contributed by atoms with Crippen molar-refractivity contribution >= 4 is 6.03 Å². The van der Waals surface area contributed by atoms with Gasteiger partial charge in [0.1, 0.15) is 6.04 Å². The highest BCUT2D eigenvalue weighted by molar-refractivity contribution is 5.76. The maximum atomic E-state index is 13.0. The first kappa shape index (κ1) is 17.9. The summed E-state index contributed by atoms with van der Waals surface area (Å²) >= 11 is 0. The van der Waals surface area contributed by atoms with Crippen LogP contribution in [0.4, 0.5) is 13.6 Å². The molecule has 1 N–H and O–H groups in total. The topological polar surface area (TPSA) is 35.6 Å². The van der Waals surface area contributed by atoms with Gasteiger partial charge < -0.3 is 10.2 Å². The maximum Gasteiger partial charge on any atom is 0.317 e. The van der Waals surface area contributed by atoms with Crippen LogP contribution in [0, 0.1) is 11.3 Å². The third-order valence-electron chi connectivity index (χ3n) is 6.05. The number of likely N-dealkylation sites (tertiary alicyclic amines) is 2. The van der Waals surface area contributed by atoms with Crippen molar-refractivity contribution in [2.45, 2.75) is 77.4 Å². The minimum Gasteiger partial charge on any atom is -0.329 e. The molecule has 24 heavy (non-hydrogen) atoms. The molecule has 2 aliphatic heterocycles. The van der Waals surface area contributed by atoms with Gasteiger partial charge in [-0.05, 0) is 32.6 Å². The fourth-order valence-corrected chi connectivity index (χ4v) is 4.49. The van der Waals surface area contributed by atoms with E-state index in [2.05, 4.69) is 37.9 Å². The lowest BCUT2D eigenvalue weighted by atomic mass is 9.76. The molecule has 2 unspecified atom stereocenters.